The molecule has 4 nitrogen and oxygen atoms in total. The van der Waals surface area contributed by atoms with Gasteiger partial charge in [-0.1, -0.05) is 49.7 Å². The number of aryl methyl sites for hydroxylation is 1. The summed E-state index contributed by atoms with van der Waals surface area (Å²) in [6, 6.07) is 5.94. The quantitative estimate of drug-likeness (QED) is 0.276. The van der Waals surface area contributed by atoms with Crippen LogP contribution in [0, 0.1) is 17.3 Å². The van der Waals surface area contributed by atoms with Gasteiger partial charge in [-0.15, -0.1) is 0 Å². The van der Waals surface area contributed by atoms with Gasteiger partial charge in [0, 0.05) is 0 Å². The van der Waals surface area contributed by atoms with Gasteiger partial charge < -0.3 is 14.3 Å². The molecule has 0 heterocycles. The monoisotopic (exact) mass is 522 g/mol. The Morgan fingerprint density at radius 2 is 2.00 bits per heavy atom. The van der Waals surface area contributed by atoms with Gasteiger partial charge in [0.25, 0.3) is 0 Å². The molecule has 3 aliphatic carbocycles. The summed E-state index contributed by atoms with van der Waals surface area (Å²) in [7, 11) is -2.03. The van der Waals surface area contributed by atoms with Crippen LogP contribution in [0.3, 0.4) is 0 Å². The molecule has 2 fully saturated rings. The summed E-state index contributed by atoms with van der Waals surface area (Å²) in [5, 5.41) is 10.3. The minimum absolute atomic E-state index is 0.0162. The number of alkyl halides is 1. The first-order chi connectivity index (χ1) is 14.9. The van der Waals surface area contributed by atoms with Crippen molar-refractivity contribution in [1.82, 2.24) is 0 Å². The molecule has 2 saturated carbocycles. The molecule has 6 heteroatoms. The van der Waals surface area contributed by atoms with Gasteiger partial charge >= 0.3 is 5.97 Å². The van der Waals surface area contributed by atoms with E-state index in [4.69, 9.17) is 9.16 Å². The smallest absolute Gasteiger partial charge is 0.316 e. The van der Waals surface area contributed by atoms with Gasteiger partial charge in [-0.2, -0.15) is 0 Å². The number of rotatable bonds is 4. The van der Waals surface area contributed by atoms with E-state index in [-0.39, 0.29) is 34.0 Å². The highest BCUT2D eigenvalue weighted by atomic mass is 79.9. The fourth-order valence-electron chi connectivity index (χ4n) is 6.53. The summed E-state index contributed by atoms with van der Waals surface area (Å²) in [5.74, 6) is 1.75. The second kappa shape index (κ2) is 8.42. The van der Waals surface area contributed by atoms with Gasteiger partial charge in [-0.3, -0.25) is 4.79 Å². The minimum atomic E-state index is -2.03. The number of ether oxygens (including phenoxy) is 1. The molecule has 0 amide bonds. The number of aromatic hydroxyl groups is 1. The Balaban J connectivity index is 1.67. The molecule has 0 saturated heterocycles. The molecule has 0 aliphatic heterocycles. The lowest BCUT2D eigenvalue weighted by molar-refractivity contribution is -0.151. The normalized spacial score (nSPS) is 34.4. The second-order valence-corrected chi connectivity index (χ2v) is 17.4. The zero-order valence-corrected chi connectivity index (χ0v) is 23.0. The molecule has 0 radical (unpaired) electrons. The average Bonchev–Trinajstić information content (AvgIpc) is 2.98. The van der Waals surface area contributed by atoms with Crippen LogP contribution in [-0.2, 0) is 20.4 Å². The van der Waals surface area contributed by atoms with E-state index in [0.29, 0.717) is 23.5 Å². The average molecular weight is 524 g/mol. The van der Waals surface area contributed by atoms with Crippen LogP contribution in [-0.4, -0.2) is 36.9 Å². The molecule has 3 unspecified atom stereocenters. The van der Waals surface area contributed by atoms with Crippen molar-refractivity contribution in [3.8, 4) is 5.75 Å². The van der Waals surface area contributed by atoms with Gasteiger partial charge in [0.05, 0.1) is 6.10 Å². The molecule has 4 rings (SSSR count). The number of hydrogen-bond donors (Lipinski definition) is 1. The summed E-state index contributed by atoms with van der Waals surface area (Å²) in [6.07, 6.45) is 5.03. The molecule has 0 spiro atoms. The molecule has 0 aromatic heterocycles. The second-order valence-electron chi connectivity index (χ2n) is 12.0. The largest absolute Gasteiger partial charge is 0.508 e. The number of hydrogen-bond acceptors (Lipinski definition) is 4. The molecule has 3 aliphatic rings. The van der Waals surface area contributed by atoms with E-state index in [0.717, 1.165) is 32.1 Å². The molecule has 0 bridgehead atoms. The summed E-state index contributed by atoms with van der Waals surface area (Å²) in [6.45, 7) is 13.8. The van der Waals surface area contributed by atoms with Gasteiger partial charge in [0.1, 0.15) is 17.2 Å². The van der Waals surface area contributed by atoms with E-state index in [9.17, 15) is 9.90 Å². The maximum Gasteiger partial charge on any atom is 0.316 e. The number of phenols is 1. The standard InChI is InChI=1S/C26H39BrO4Si/c1-25(2,3)32(5,6)31-24-22(30-23(29)15-27)14-21-20-9-7-16-13-17(28)8-10-18(16)19(20)11-12-26(21,24)4/h8,10,13,19-22,24,28H,7,9,11-12,14-15H2,1-6H3/t19?,20?,21?,22-,24+,26+/m1/s1. The molecule has 32 heavy (non-hydrogen) atoms. The van der Waals surface area contributed by atoms with Crippen LogP contribution < -0.4 is 0 Å². The van der Waals surface area contributed by atoms with Crippen molar-refractivity contribution in [3.05, 3.63) is 29.3 Å². The van der Waals surface area contributed by atoms with Gasteiger partial charge in [-0.05, 0) is 96.7 Å². The summed E-state index contributed by atoms with van der Waals surface area (Å²) in [4.78, 5) is 12.3. The molecule has 1 aromatic carbocycles. The van der Waals surface area contributed by atoms with Crippen molar-refractivity contribution in [3.63, 3.8) is 0 Å². The molecule has 1 aromatic rings. The zero-order chi connectivity index (χ0) is 23.5. The topological polar surface area (TPSA) is 55.8 Å². The Hall–Kier alpha value is -0.853. The van der Waals surface area contributed by atoms with Gasteiger partial charge in [0.2, 0.25) is 0 Å². The molecular weight excluding hydrogens is 484 g/mol. The maximum atomic E-state index is 12.3. The molecule has 178 valence electrons. The van der Waals surface area contributed by atoms with Crippen molar-refractivity contribution in [2.45, 2.75) is 96.1 Å². The van der Waals surface area contributed by atoms with Crippen LogP contribution in [0.1, 0.15) is 70.4 Å². The Bertz CT molecular complexity index is 879. The highest BCUT2D eigenvalue weighted by Gasteiger charge is 2.61. The summed E-state index contributed by atoms with van der Waals surface area (Å²) in [5.41, 5.74) is 2.75. The summed E-state index contributed by atoms with van der Waals surface area (Å²) < 4.78 is 13.1. The van der Waals surface area contributed by atoms with Crippen molar-refractivity contribution < 1.29 is 19.1 Å². The number of benzene rings is 1. The third-order valence-electron chi connectivity index (χ3n) is 9.24. The van der Waals surface area contributed by atoms with Crippen LogP contribution in [0.15, 0.2) is 18.2 Å². The number of fused-ring (bicyclic) bond motifs is 5. The number of carbonyl (C=O) groups is 1. The molecule has 6 atom stereocenters. The van der Waals surface area contributed by atoms with Crippen LogP contribution in [0.25, 0.3) is 0 Å². The van der Waals surface area contributed by atoms with Crippen molar-refractivity contribution in [2.75, 3.05) is 5.33 Å². The SMILES string of the molecule is CC(C)(C)[Si](C)(C)O[C@H]1[C@H](OC(=O)CBr)CC2C3CCc4cc(O)ccc4C3CC[C@@]21C. The lowest BCUT2D eigenvalue weighted by Gasteiger charge is -2.52. The number of phenolic OH excluding ortho intramolecular Hbond substituents is 1. The van der Waals surface area contributed by atoms with E-state index >= 15 is 0 Å². The lowest BCUT2D eigenvalue weighted by Crippen LogP contribution is -2.53. The molecule has 1 N–H and O–H groups in total. The van der Waals surface area contributed by atoms with Crippen molar-refractivity contribution in [2.24, 2.45) is 17.3 Å². The van der Waals surface area contributed by atoms with Crippen LogP contribution >= 0.6 is 15.9 Å². The fourth-order valence-corrected chi connectivity index (χ4v) is 8.07. The predicted molar refractivity (Wildman–Crippen MR) is 134 cm³/mol. The first-order valence-electron chi connectivity index (χ1n) is 12.1. The lowest BCUT2D eigenvalue weighted by atomic mass is 9.55. The Kier molecular flexibility index (Phi) is 6.39. The van der Waals surface area contributed by atoms with Gasteiger partial charge in [-0.25, -0.2) is 0 Å². The summed E-state index contributed by atoms with van der Waals surface area (Å²) >= 11 is 3.28. The molecular formula is C26H39BrO4Si. The van der Waals surface area contributed by atoms with E-state index in [1.54, 1.807) is 0 Å². The van der Waals surface area contributed by atoms with E-state index in [1.807, 2.05) is 12.1 Å². The van der Waals surface area contributed by atoms with E-state index in [1.165, 1.54) is 11.1 Å². The van der Waals surface area contributed by atoms with Crippen LogP contribution in [0.2, 0.25) is 18.1 Å². The van der Waals surface area contributed by atoms with Crippen LogP contribution in [0.4, 0.5) is 0 Å². The first kappa shape index (κ1) is 24.3. The zero-order valence-electron chi connectivity index (χ0n) is 20.4. The Morgan fingerprint density at radius 3 is 2.66 bits per heavy atom. The maximum absolute atomic E-state index is 12.3. The fraction of sp³-hybridized carbons (Fsp3) is 0.731. The van der Waals surface area contributed by atoms with Gasteiger partial charge in [0.15, 0.2) is 8.32 Å². The van der Waals surface area contributed by atoms with Crippen LogP contribution in [0.5, 0.6) is 5.75 Å². The highest BCUT2D eigenvalue weighted by molar-refractivity contribution is 9.09. The van der Waals surface area contributed by atoms with Crippen molar-refractivity contribution in [1.29, 1.82) is 0 Å². The third kappa shape index (κ3) is 4.09. The number of halogens is 1. The van der Waals surface area contributed by atoms with Crippen molar-refractivity contribution >= 4 is 30.2 Å². The van der Waals surface area contributed by atoms with E-state index < -0.39 is 8.32 Å². The minimum Gasteiger partial charge on any atom is -0.508 e. The third-order valence-corrected chi connectivity index (χ3v) is 14.2. The Labute approximate surface area is 202 Å². The highest BCUT2D eigenvalue weighted by Crippen LogP contribution is 2.63. The first-order valence-corrected chi connectivity index (χ1v) is 16.2. The number of carbonyl (C=O) groups excluding carboxylic acids is 1. The van der Waals surface area contributed by atoms with E-state index in [2.05, 4.69) is 62.8 Å². The Morgan fingerprint density at radius 1 is 1.28 bits per heavy atom. The number of esters is 1. The predicted octanol–water partition coefficient (Wildman–Crippen LogP) is 6.56.